The van der Waals surface area contributed by atoms with Gasteiger partial charge in [-0.1, -0.05) is 12.1 Å². The van der Waals surface area contributed by atoms with Crippen molar-refractivity contribution in [3.8, 4) is 0 Å². The van der Waals surface area contributed by atoms with Crippen molar-refractivity contribution in [2.45, 2.75) is 24.5 Å². The number of esters is 1. The standard InChI is InChI=1S/C22H24F3N3O5S/c1-2-33-20(29)17-6-8-19(9-7-17)34(31,32)28-12-10-27(11-13-28)21(30)26-15-16-4-3-5-18(14-16)22(23,24)25/h3-9,14H,2,10-13,15H2,1H3,(H,26,30). The lowest BCUT2D eigenvalue weighted by atomic mass is 10.1. The minimum Gasteiger partial charge on any atom is -0.462 e. The molecule has 0 unspecified atom stereocenters. The lowest BCUT2D eigenvalue weighted by Crippen LogP contribution is -2.52. The summed E-state index contributed by atoms with van der Waals surface area (Å²) in [4.78, 5) is 25.6. The number of halogens is 3. The Bertz CT molecular complexity index is 1130. The maximum absolute atomic E-state index is 12.9. The Labute approximate surface area is 195 Å². The molecule has 1 fully saturated rings. The molecular formula is C22H24F3N3O5S. The van der Waals surface area contributed by atoms with Crippen LogP contribution in [-0.4, -0.2) is 62.4 Å². The fourth-order valence-electron chi connectivity index (χ4n) is 3.41. The van der Waals surface area contributed by atoms with Crippen molar-refractivity contribution in [2.75, 3.05) is 32.8 Å². The van der Waals surface area contributed by atoms with Gasteiger partial charge in [-0.25, -0.2) is 18.0 Å². The molecule has 0 radical (unpaired) electrons. The average Bonchev–Trinajstić information content (AvgIpc) is 2.82. The molecule has 0 spiro atoms. The van der Waals surface area contributed by atoms with Crippen LogP contribution in [0.3, 0.4) is 0 Å². The number of nitrogens with one attached hydrogen (secondary N) is 1. The van der Waals surface area contributed by atoms with Gasteiger partial charge in [0.25, 0.3) is 0 Å². The predicted molar refractivity (Wildman–Crippen MR) is 116 cm³/mol. The number of nitrogens with zero attached hydrogens (tertiary/aromatic N) is 2. The van der Waals surface area contributed by atoms with E-state index < -0.39 is 33.8 Å². The molecule has 1 heterocycles. The van der Waals surface area contributed by atoms with Gasteiger partial charge in [-0.2, -0.15) is 17.5 Å². The van der Waals surface area contributed by atoms with E-state index in [4.69, 9.17) is 4.74 Å². The smallest absolute Gasteiger partial charge is 0.416 e. The molecule has 0 bridgehead atoms. The monoisotopic (exact) mass is 499 g/mol. The van der Waals surface area contributed by atoms with E-state index in [1.165, 1.54) is 45.6 Å². The number of urea groups is 1. The quantitative estimate of drug-likeness (QED) is 0.617. The number of carbonyl (C=O) groups excluding carboxylic acids is 2. The van der Waals surface area contributed by atoms with Gasteiger partial charge in [-0.05, 0) is 48.9 Å². The van der Waals surface area contributed by atoms with Crippen LogP contribution < -0.4 is 5.32 Å². The van der Waals surface area contributed by atoms with Gasteiger partial charge in [0.15, 0.2) is 0 Å². The van der Waals surface area contributed by atoms with Crippen LogP contribution in [-0.2, 0) is 27.5 Å². The first-order chi connectivity index (χ1) is 16.0. The minimum atomic E-state index is -4.47. The third-order valence-corrected chi connectivity index (χ3v) is 7.14. The van der Waals surface area contributed by atoms with Gasteiger partial charge in [0.1, 0.15) is 0 Å². The molecule has 8 nitrogen and oxygen atoms in total. The molecule has 3 rings (SSSR count). The summed E-state index contributed by atoms with van der Waals surface area (Å²) in [6.07, 6.45) is -4.47. The SMILES string of the molecule is CCOC(=O)c1ccc(S(=O)(=O)N2CCN(C(=O)NCc3cccc(C(F)(F)F)c3)CC2)cc1. The van der Waals surface area contributed by atoms with Gasteiger partial charge < -0.3 is 15.0 Å². The lowest BCUT2D eigenvalue weighted by Gasteiger charge is -2.34. The van der Waals surface area contributed by atoms with Gasteiger partial charge in [0.05, 0.1) is 22.6 Å². The van der Waals surface area contributed by atoms with Crippen LogP contribution >= 0.6 is 0 Å². The van der Waals surface area contributed by atoms with Crippen molar-refractivity contribution < 1.29 is 35.9 Å². The number of piperazine rings is 1. The highest BCUT2D eigenvalue weighted by Gasteiger charge is 2.31. The number of sulfonamides is 1. The first-order valence-corrected chi connectivity index (χ1v) is 11.9. The third kappa shape index (κ3) is 6.06. The zero-order valence-corrected chi connectivity index (χ0v) is 19.2. The molecule has 34 heavy (non-hydrogen) atoms. The zero-order valence-electron chi connectivity index (χ0n) is 18.3. The summed E-state index contributed by atoms with van der Waals surface area (Å²) in [6.45, 7) is 2.13. The van der Waals surface area contributed by atoms with Crippen molar-refractivity contribution in [1.29, 1.82) is 0 Å². The van der Waals surface area contributed by atoms with Crippen LogP contribution in [0.2, 0.25) is 0 Å². The molecule has 1 N–H and O–H groups in total. The highest BCUT2D eigenvalue weighted by Crippen LogP contribution is 2.29. The van der Waals surface area contributed by atoms with Gasteiger partial charge in [0, 0.05) is 32.7 Å². The molecule has 0 aliphatic carbocycles. The summed E-state index contributed by atoms with van der Waals surface area (Å²) in [5, 5.41) is 2.57. The Kier molecular flexibility index (Phi) is 7.82. The Morgan fingerprint density at radius 1 is 1.03 bits per heavy atom. The molecule has 2 aromatic carbocycles. The number of benzene rings is 2. The van der Waals surface area contributed by atoms with Gasteiger partial charge in [-0.15, -0.1) is 0 Å². The normalized spacial score (nSPS) is 15.1. The van der Waals surface area contributed by atoms with E-state index >= 15 is 0 Å². The minimum absolute atomic E-state index is 0.0167. The summed E-state index contributed by atoms with van der Waals surface area (Å²) >= 11 is 0. The van der Waals surface area contributed by atoms with E-state index in [2.05, 4.69) is 5.32 Å². The number of rotatable bonds is 6. The Hall–Kier alpha value is -3.12. The second-order valence-corrected chi connectivity index (χ2v) is 9.43. The largest absolute Gasteiger partial charge is 0.462 e. The van der Waals surface area contributed by atoms with Gasteiger partial charge in [-0.3, -0.25) is 0 Å². The fourth-order valence-corrected chi connectivity index (χ4v) is 4.83. The van der Waals surface area contributed by atoms with E-state index in [0.29, 0.717) is 5.56 Å². The van der Waals surface area contributed by atoms with Crippen LogP contribution in [0.1, 0.15) is 28.4 Å². The van der Waals surface area contributed by atoms with E-state index in [0.717, 1.165) is 12.1 Å². The van der Waals surface area contributed by atoms with Crippen molar-refractivity contribution in [3.05, 3.63) is 65.2 Å². The highest BCUT2D eigenvalue weighted by molar-refractivity contribution is 7.89. The topological polar surface area (TPSA) is 96.0 Å². The van der Waals surface area contributed by atoms with E-state index in [-0.39, 0.29) is 49.8 Å². The number of ether oxygens (including phenoxy) is 1. The first-order valence-electron chi connectivity index (χ1n) is 10.5. The second-order valence-electron chi connectivity index (χ2n) is 7.49. The molecule has 2 aromatic rings. The number of hydrogen-bond acceptors (Lipinski definition) is 5. The van der Waals surface area contributed by atoms with Crippen LogP contribution in [0.25, 0.3) is 0 Å². The zero-order chi connectivity index (χ0) is 24.9. The number of alkyl halides is 3. The average molecular weight is 500 g/mol. The molecule has 0 aromatic heterocycles. The van der Waals surface area contributed by atoms with E-state index in [1.54, 1.807) is 6.92 Å². The molecule has 0 atom stereocenters. The van der Waals surface area contributed by atoms with Crippen LogP contribution in [0.15, 0.2) is 53.4 Å². The van der Waals surface area contributed by atoms with E-state index in [1.807, 2.05) is 0 Å². The lowest BCUT2D eigenvalue weighted by molar-refractivity contribution is -0.137. The summed E-state index contributed by atoms with van der Waals surface area (Å²) in [5.74, 6) is -0.545. The molecule has 2 amide bonds. The highest BCUT2D eigenvalue weighted by atomic mass is 32.2. The molecule has 12 heteroatoms. The van der Waals surface area contributed by atoms with E-state index in [9.17, 15) is 31.2 Å². The molecule has 1 aliphatic heterocycles. The maximum atomic E-state index is 12.9. The fraction of sp³-hybridized carbons (Fsp3) is 0.364. The molecule has 184 valence electrons. The van der Waals surface area contributed by atoms with Crippen molar-refractivity contribution in [1.82, 2.24) is 14.5 Å². The first kappa shape index (κ1) is 25.5. The molecule has 0 saturated carbocycles. The molecule has 1 saturated heterocycles. The second kappa shape index (κ2) is 10.4. The van der Waals surface area contributed by atoms with Crippen molar-refractivity contribution in [3.63, 3.8) is 0 Å². The maximum Gasteiger partial charge on any atom is 0.416 e. The van der Waals surface area contributed by atoms with Crippen LogP contribution in [0, 0.1) is 0 Å². The van der Waals surface area contributed by atoms with Gasteiger partial charge in [0.2, 0.25) is 10.0 Å². The van der Waals surface area contributed by atoms with Gasteiger partial charge >= 0.3 is 18.2 Å². The molecule has 1 aliphatic rings. The number of amides is 2. The Balaban J connectivity index is 1.55. The summed E-state index contributed by atoms with van der Waals surface area (Å²) in [5.41, 5.74) is -0.257. The van der Waals surface area contributed by atoms with Crippen molar-refractivity contribution >= 4 is 22.0 Å². The number of carbonyl (C=O) groups is 2. The van der Waals surface area contributed by atoms with Crippen LogP contribution in [0.5, 0.6) is 0 Å². The Morgan fingerprint density at radius 2 is 1.68 bits per heavy atom. The molecular weight excluding hydrogens is 475 g/mol. The van der Waals surface area contributed by atoms with Crippen molar-refractivity contribution in [2.24, 2.45) is 0 Å². The predicted octanol–water partition coefficient (Wildman–Crippen LogP) is 3.10. The summed E-state index contributed by atoms with van der Waals surface area (Å²) < 4.78 is 70.4. The third-order valence-electron chi connectivity index (χ3n) is 5.23. The Morgan fingerprint density at radius 3 is 2.26 bits per heavy atom. The summed E-state index contributed by atoms with van der Waals surface area (Å²) in [6, 6.07) is 9.59. The number of hydrogen-bond donors (Lipinski definition) is 1. The summed E-state index contributed by atoms with van der Waals surface area (Å²) in [7, 11) is -3.82. The van der Waals surface area contributed by atoms with Crippen LogP contribution in [0.4, 0.5) is 18.0 Å².